The van der Waals surface area contributed by atoms with E-state index in [1.54, 1.807) is 18.2 Å². The molecule has 1 fully saturated rings. The van der Waals surface area contributed by atoms with Gasteiger partial charge in [0.2, 0.25) is 0 Å². The van der Waals surface area contributed by atoms with Gasteiger partial charge in [-0.1, -0.05) is 36.8 Å². The molecule has 0 spiro atoms. The predicted molar refractivity (Wildman–Crippen MR) is 65.1 cm³/mol. The van der Waals surface area contributed by atoms with Crippen LogP contribution in [0, 0.1) is 0 Å². The number of nitrogens with one attached hydrogen (secondary N) is 1. The largest absolute Gasteiger partial charge is 0.475 e. The fourth-order valence-corrected chi connectivity index (χ4v) is 1.51. The van der Waals surface area contributed by atoms with Crippen molar-refractivity contribution in [3.63, 3.8) is 0 Å². The van der Waals surface area contributed by atoms with Crippen molar-refractivity contribution in [2.45, 2.75) is 19.3 Å². The summed E-state index contributed by atoms with van der Waals surface area (Å²) in [6.07, 6.45) is 4.22. The second-order valence-corrected chi connectivity index (χ2v) is 3.81. The molecule has 0 atom stereocenters. The fourth-order valence-electron chi connectivity index (χ4n) is 1.51. The first-order valence-electron chi connectivity index (χ1n) is 5.75. The van der Waals surface area contributed by atoms with Gasteiger partial charge in [-0.2, -0.15) is 0 Å². The number of carbonyl (C=O) groups is 2. The summed E-state index contributed by atoms with van der Waals surface area (Å²) in [5.41, 5.74) is 0.208. The van der Waals surface area contributed by atoms with E-state index < -0.39 is 11.8 Å². The summed E-state index contributed by atoms with van der Waals surface area (Å²) < 4.78 is 0. The summed E-state index contributed by atoms with van der Waals surface area (Å²) in [7, 11) is 0. The van der Waals surface area contributed by atoms with E-state index in [2.05, 4.69) is 5.32 Å². The lowest BCUT2D eigenvalue weighted by molar-refractivity contribution is -0.131. The molecule has 4 nitrogen and oxygen atoms in total. The van der Waals surface area contributed by atoms with Gasteiger partial charge in [0, 0.05) is 5.56 Å². The molecule has 92 valence electrons. The van der Waals surface area contributed by atoms with E-state index >= 15 is 0 Å². The maximum absolute atomic E-state index is 10.7. The van der Waals surface area contributed by atoms with Crippen LogP contribution in [0.25, 0.3) is 0 Å². The van der Waals surface area contributed by atoms with E-state index in [0.29, 0.717) is 0 Å². The molecule has 4 heteroatoms. The number of carbonyl (C=O) groups excluding carboxylic acids is 1. The summed E-state index contributed by atoms with van der Waals surface area (Å²) in [6, 6.07) is 7.90. The van der Waals surface area contributed by atoms with Gasteiger partial charge in [0.1, 0.15) is 0 Å². The number of rotatable bonds is 2. The lowest BCUT2D eigenvalue weighted by Crippen LogP contribution is -2.21. The first kappa shape index (κ1) is 13.4. The van der Waals surface area contributed by atoms with Crippen molar-refractivity contribution in [2.75, 3.05) is 13.1 Å². The van der Waals surface area contributed by atoms with E-state index in [1.165, 1.54) is 44.5 Å². The standard InChI is InChI=1S/C8H6O3.C5H11N/c9-7(8(10)11)6-4-2-1-3-5-6;1-2-4-6-5-3-1/h1-5H,(H,10,11);6H,1-5H2. The molecular weight excluding hydrogens is 218 g/mol. The van der Waals surface area contributed by atoms with Crippen LogP contribution in [0.3, 0.4) is 0 Å². The van der Waals surface area contributed by atoms with Gasteiger partial charge in [0.05, 0.1) is 0 Å². The molecule has 1 aliphatic rings. The van der Waals surface area contributed by atoms with Crippen LogP contribution in [-0.2, 0) is 4.79 Å². The Labute approximate surface area is 101 Å². The Morgan fingerprint density at radius 3 is 1.94 bits per heavy atom. The SMILES string of the molecule is C1CCNCC1.O=C(O)C(=O)c1ccccc1. The zero-order valence-electron chi connectivity index (χ0n) is 9.69. The molecule has 1 aromatic rings. The Morgan fingerprint density at radius 2 is 1.59 bits per heavy atom. The highest BCUT2D eigenvalue weighted by molar-refractivity contribution is 6.39. The molecule has 0 unspecified atom stereocenters. The predicted octanol–water partition coefficient (Wildman–Crippen LogP) is 1.71. The van der Waals surface area contributed by atoms with E-state index in [4.69, 9.17) is 5.11 Å². The molecule has 2 rings (SSSR count). The summed E-state index contributed by atoms with van der Waals surface area (Å²) in [6.45, 7) is 2.50. The van der Waals surface area contributed by atoms with Crippen LogP contribution < -0.4 is 5.32 Å². The normalized spacial score (nSPS) is 14.4. The average molecular weight is 235 g/mol. The Kier molecular flexibility index (Phi) is 5.96. The minimum atomic E-state index is -1.42. The number of piperidine rings is 1. The molecule has 0 radical (unpaired) electrons. The van der Waals surface area contributed by atoms with Gasteiger partial charge in [-0.05, 0) is 25.9 Å². The smallest absolute Gasteiger partial charge is 0.377 e. The van der Waals surface area contributed by atoms with Gasteiger partial charge in [-0.15, -0.1) is 0 Å². The number of carboxylic acid groups (broad SMARTS) is 1. The van der Waals surface area contributed by atoms with Crippen molar-refractivity contribution < 1.29 is 14.7 Å². The van der Waals surface area contributed by atoms with Gasteiger partial charge in [0.15, 0.2) is 0 Å². The van der Waals surface area contributed by atoms with E-state index in [0.717, 1.165) is 0 Å². The van der Waals surface area contributed by atoms with E-state index in [1.807, 2.05) is 0 Å². The third-order valence-electron chi connectivity index (χ3n) is 2.44. The van der Waals surface area contributed by atoms with Crippen LogP contribution in [0.15, 0.2) is 30.3 Å². The minimum Gasteiger partial charge on any atom is -0.475 e. The Balaban J connectivity index is 0.000000202. The third-order valence-corrected chi connectivity index (χ3v) is 2.44. The summed E-state index contributed by atoms with van der Waals surface area (Å²) in [5.74, 6) is -2.29. The molecule has 0 amide bonds. The summed E-state index contributed by atoms with van der Waals surface area (Å²) in [4.78, 5) is 20.9. The molecule has 1 aliphatic heterocycles. The van der Waals surface area contributed by atoms with Gasteiger partial charge >= 0.3 is 5.97 Å². The van der Waals surface area contributed by atoms with Crippen molar-refractivity contribution >= 4 is 11.8 Å². The minimum absolute atomic E-state index is 0.208. The maximum Gasteiger partial charge on any atom is 0.377 e. The van der Waals surface area contributed by atoms with Gasteiger partial charge in [-0.3, -0.25) is 4.79 Å². The first-order valence-corrected chi connectivity index (χ1v) is 5.75. The van der Waals surface area contributed by atoms with Gasteiger partial charge < -0.3 is 10.4 Å². The van der Waals surface area contributed by atoms with E-state index in [-0.39, 0.29) is 5.56 Å². The summed E-state index contributed by atoms with van der Waals surface area (Å²) >= 11 is 0. The van der Waals surface area contributed by atoms with Crippen LogP contribution in [0.4, 0.5) is 0 Å². The number of aliphatic carboxylic acids is 1. The van der Waals surface area contributed by atoms with Crippen molar-refractivity contribution in [3.05, 3.63) is 35.9 Å². The number of ketones is 1. The molecule has 0 bridgehead atoms. The maximum atomic E-state index is 10.7. The lowest BCUT2D eigenvalue weighted by atomic mass is 10.1. The zero-order valence-corrected chi connectivity index (χ0v) is 9.69. The molecule has 0 aliphatic carbocycles. The number of hydrogen-bond acceptors (Lipinski definition) is 3. The molecule has 0 aromatic heterocycles. The zero-order chi connectivity index (χ0) is 12.5. The monoisotopic (exact) mass is 235 g/mol. The molecule has 2 N–H and O–H groups in total. The highest BCUT2D eigenvalue weighted by Gasteiger charge is 2.12. The number of carboxylic acids is 1. The van der Waals surface area contributed by atoms with Gasteiger partial charge in [0.25, 0.3) is 5.78 Å². The Bertz CT molecular complexity index is 347. The fraction of sp³-hybridized carbons (Fsp3) is 0.385. The molecule has 17 heavy (non-hydrogen) atoms. The first-order chi connectivity index (χ1) is 8.22. The molecular formula is C13H17NO3. The van der Waals surface area contributed by atoms with Crippen LogP contribution in [0.5, 0.6) is 0 Å². The summed E-state index contributed by atoms with van der Waals surface area (Å²) in [5, 5.41) is 11.6. The van der Waals surface area contributed by atoms with Crippen LogP contribution in [-0.4, -0.2) is 29.9 Å². The van der Waals surface area contributed by atoms with Crippen LogP contribution in [0.2, 0.25) is 0 Å². The third kappa shape index (κ3) is 5.26. The van der Waals surface area contributed by atoms with Gasteiger partial charge in [-0.25, -0.2) is 4.79 Å². The van der Waals surface area contributed by atoms with Crippen molar-refractivity contribution in [1.82, 2.24) is 5.32 Å². The second kappa shape index (κ2) is 7.57. The Hall–Kier alpha value is -1.68. The van der Waals surface area contributed by atoms with Crippen molar-refractivity contribution in [3.8, 4) is 0 Å². The highest BCUT2D eigenvalue weighted by Crippen LogP contribution is 1.99. The van der Waals surface area contributed by atoms with Crippen molar-refractivity contribution in [2.24, 2.45) is 0 Å². The number of Topliss-reactive ketones (excluding diaryl/α,β-unsaturated/α-hetero) is 1. The highest BCUT2D eigenvalue weighted by atomic mass is 16.4. The van der Waals surface area contributed by atoms with Crippen molar-refractivity contribution in [1.29, 1.82) is 0 Å². The molecule has 1 saturated heterocycles. The number of benzene rings is 1. The number of hydrogen-bond donors (Lipinski definition) is 2. The second-order valence-electron chi connectivity index (χ2n) is 3.81. The average Bonchev–Trinajstić information content (AvgIpc) is 2.41. The molecule has 0 saturated carbocycles. The van der Waals surface area contributed by atoms with E-state index in [9.17, 15) is 9.59 Å². The Morgan fingerprint density at radius 1 is 1.00 bits per heavy atom. The quantitative estimate of drug-likeness (QED) is 0.605. The van der Waals surface area contributed by atoms with Crippen LogP contribution in [0.1, 0.15) is 29.6 Å². The lowest BCUT2D eigenvalue weighted by Gasteiger charge is -2.08. The molecule has 1 heterocycles. The molecule has 1 aromatic carbocycles. The van der Waals surface area contributed by atoms with Crippen LogP contribution >= 0.6 is 0 Å². The topological polar surface area (TPSA) is 66.4 Å².